The first-order chi connectivity index (χ1) is 5.09. The molecule has 2 atom stereocenters. The van der Waals surface area contributed by atoms with Crippen molar-refractivity contribution in [3.63, 3.8) is 0 Å². The molecule has 0 aromatic heterocycles. The van der Waals surface area contributed by atoms with Crippen molar-refractivity contribution < 1.29 is 4.79 Å². The van der Waals surface area contributed by atoms with Crippen LogP contribution in [0.2, 0.25) is 0 Å². The van der Waals surface area contributed by atoms with Gasteiger partial charge in [-0.2, -0.15) is 11.8 Å². The van der Waals surface area contributed by atoms with Gasteiger partial charge in [-0.3, -0.25) is 4.79 Å². The molecule has 0 aliphatic carbocycles. The van der Waals surface area contributed by atoms with E-state index in [0.29, 0.717) is 10.5 Å². The number of carbonyl (C=O) groups excluding carboxylic acids is 1. The fraction of sp³-hybridized carbons (Fsp3) is 0.875. The lowest BCUT2D eigenvalue weighted by Gasteiger charge is -2.33. The molecule has 1 heterocycles. The summed E-state index contributed by atoms with van der Waals surface area (Å²) in [7, 11) is 0. The van der Waals surface area contributed by atoms with Gasteiger partial charge in [0.1, 0.15) is 0 Å². The maximum atomic E-state index is 11.0. The highest BCUT2D eigenvalue weighted by atomic mass is 32.2. The van der Waals surface area contributed by atoms with Gasteiger partial charge >= 0.3 is 0 Å². The third kappa shape index (κ3) is 2.40. The van der Waals surface area contributed by atoms with Crippen LogP contribution in [0.1, 0.15) is 20.8 Å². The first-order valence-corrected chi connectivity index (χ1v) is 4.95. The molecule has 0 N–H and O–H groups in total. The van der Waals surface area contributed by atoms with Crippen LogP contribution in [0, 0.1) is 0 Å². The Morgan fingerprint density at radius 3 is 2.18 bits per heavy atom. The number of nitrogens with zero attached hydrogens (tertiary/aromatic N) is 1. The van der Waals surface area contributed by atoms with Crippen molar-refractivity contribution in [1.82, 2.24) is 4.90 Å². The molecule has 11 heavy (non-hydrogen) atoms. The normalized spacial score (nSPS) is 32.1. The van der Waals surface area contributed by atoms with Crippen molar-refractivity contribution in [2.24, 2.45) is 0 Å². The SMILES string of the molecule is CC(=O)N1CC(C)SC(C)C1. The zero-order chi connectivity index (χ0) is 8.43. The van der Waals surface area contributed by atoms with Crippen LogP contribution in [-0.4, -0.2) is 34.4 Å². The van der Waals surface area contributed by atoms with Gasteiger partial charge in [0, 0.05) is 30.5 Å². The lowest BCUT2D eigenvalue weighted by Crippen LogP contribution is -2.42. The summed E-state index contributed by atoms with van der Waals surface area (Å²) in [6.45, 7) is 7.84. The average Bonchev–Trinajstić information content (AvgIpc) is 1.85. The van der Waals surface area contributed by atoms with Gasteiger partial charge < -0.3 is 4.90 Å². The van der Waals surface area contributed by atoms with Crippen LogP contribution in [0.3, 0.4) is 0 Å². The van der Waals surface area contributed by atoms with Crippen LogP contribution in [-0.2, 0) is 4.79 Å². The molecule has 0 radical (unpaired) electrons. The third-order valence-corrected chi connectivity index (χ3v) is 3.09. The van der Waals surface area contributed by atoms with Crippen molar-refractivity contribution >= 4 is 17.7 Å². The second kappa shape index (κ2) is 3.48. The quantitative estimate of drug-likeness (QED) is 0.551. The van der Waals surface area contributed by atoms with E-state index in [0.717, 1.165) is 13.1 Å². The first-order valence-electron chi connectivity index (χ1n) is 4.00. The Balaban J connectivity index is 2.49. The second-order valence-electron chi connectivity index (χ2n) is 3.18. The number of hydrogen-bond acceptors (Lipinski definition) is 2. The fourth-order valence-corrected chi connectivity index (χ4v) is 2.76. The van der Waals surface area contributed by atoms with E-state index in [1.165, 1.54) is 0 Å². The summed E-state index contributed by atoms with van der Waals surface area (Å²) in [6, 6.07) is 0. The van der Waals surface area contributed by atoms with Gasteiger partial charge in [-0.1, -0.05) is 13.8 Å². The first kappa shape index (κ1) is 8.91. The predicted molar refractivity (Wildman–Crippen MR) is 48.8 cm³/mol. The number of thioether (sulfide) groups is 1. The predicted octanol–water partition coefficient (Wildman–Crippen LogP) is 1.36. The molecule has 1 aliphatic heterocycles. The fourth-order valence-electron chi connectivity index (χ4n) is 1.44. The second-order valence-corrected chi connectivity index (χ2v) is 5.06. The van der Waals surface area contributed by atoms with Gasteiger partial charge in [-0.25, -0.2) is 0 Å². The summed E-state index contributed by atoms with van der Waals surface area (Å²) in [6.07, 6.45) is 0. The zero-order valence-electron chi connectivity index (χ0n) is 7.33. The summed E-state index contributed by atoms with van der Waals surface area (Å²) in [4.78, 5) is 12.9. The van der Waals surface area contributed by atoms with Crippen LogP contribution in [0.15, 0.2) is 0 Å². The monoisotopic (exact) mass is 173 g/mol. The van der Waals surface area contributed by atoms with Crippen LogP contribution in [0.4, 0.5) is 0 Å². The minimum Gasteiger partial charge on any atom is -0.341 e. The molecule has 1 saturated heterocycles. The minimum absolute atomic E-state index is 0.212. The van der Waals surface area contributed by atoms with Gasteiger partial charge in [-0.05, 0) is 0 Å². The number of amides is 1. The van der Waals surface area contributed by atoms with Gasteiger partial charge in [-0.15, -0.1) is 0 Å². The third-order valence-electron chi connectivity index (χ3n) is 1.86. The van der Waals surface area contributed by atoms with Crippen molar-refractivity contribution in [3.05, 3.63) is 0 Å². The summed E-state index contributed by atoms with van der Waals surface area (Å²) in [5.74, 6) is 0.212. The molecule has 1 fully saturated rings. The molecule has 1 rings (SSSR count). The van der Waals surface area contributed by atoms with E-state index in [2.05, 4.69) is 13.8 Å². The van der Waals surface area contributed by atoms with Crippen molar-refractivity contribution in [2.75, 3.05) is 13.1 Å². The van der Waals surface area contributed by atoms with E-state index in [-0.39, 0.29) is 5.91 Å². The number of rotatable bonds is 0. The summed E-state index contributed by atoms with van der Waals surface area (Å²) in [5.41, 5.74) is 0. The molecule has 1 amide bonds. The Morgan fingerprint density at radius 2 is 1.82 bits per heavy atom. The molecule has 0 saturated carbocycles. The Labute approximate surface area is 72.3 Å². The molecule has 0 bridgehead atoms. The van der Waals surface area contributed by atoms with Crippen LogP contribution < -0.4 is 0 Å². The number of carbonyl (C=O) groups is 1. The lowest BCUT2D eigenvalue weighted by molar-refractivity contribution is -0.128. The summed E-state index contributed by atoms with van der Waals surface area (Å²) >= 11 is 1.97. The molecule has 0 spiro atoms. The summed E-state index contributed by atoms with van der Waals surface area (Å²) < 4.78 is 0. The van der Waals surface area contributed by atoms with E-state index in [9.17, 15) is 4.79 Å². The van der Waals surface area contributed by atoms with E-state index in [4.69, 9.17) is 0 Å². The van der Waals surface area contributed by atoms with E-state index >= 15 is 0 Å². The minimum atomic E-state index is 0.212. The van der Waals surface area contributed by atoms with E-state index < -0.39 is 0 Å². The molecule has 1 aliphatic rings. The maximum Gasteiger partial charge on any atom is 0.219 e. The Bertz CT molecular complexity index is 150. The molecule has 3 heteroatoms. The molecule has 64 valence electrons. The van der Waals surface area contributed by atoms with Crippen LogP contribution in [0.25, 0.3) is 0 Å². The average molecular weight is 173 g/mol. The molecular formula is C8H15NOS. The molecule has 2 nitrogen and oxygen atoms in total. The molecular weight excluding hydrogens is 158 g/mol. The van der Waals surface area contributed by atoms with Gasteiger partial charge in [0.05, 0.1) is 0 Å². The topological polar surface area (TPSA) is 20.3 Å². The molecule has 0 aromatic carbocycles. The highest BCUT2D eigenvalue weighted by Crippen LogP contribution is 2.24. The number of hydrogen-bond donors (Lipinski definition) is 0. The zero-order valence-corrected chi connectivity index (χ0v) is 8.15. The maximum absolute atomic E-state index is 11.0. The van der Waals surface area contributed by atoms with E-state index in [1.807, 2.05) is 16.7 Å². The van der Waals surface area contributed by atoms with Crippen molar-refractivity contribution in [1.29, 1.82) is 0 Å². The smallest absolute Gasteiger partial charge is 0.219 e. The van der Waals surface area contributed by atoms with Crippen LogP contribution >= 0.6 is 11.8 Å². The highest BCUT2D eigenvalue weighted by molar-refractivity contribution is 8.00. The van der Waals surface area contributed by atoms with Gasteiger partial charge in [0.25, 0.3) is 0 Å². The van der Waals surface area contributed by atoms with Gasteiger partial charge in [0.2, 0.25) is 5.91 Å². The van der Waals surface area contributed by atoms with Crippen molar-refractivity contribution in [3.8, 4) is 0 Å². The van der Waals surface area contributed by atoms with Gasteiger partial charge in [0.15, 0.2) is 0 Å². The standard InChI is InChI=1S/C8H15NOS/c1-6-4-9(8(3)10)5-7(2)11-6/h6-7H,4-5H2,1-3H3. The Kier molecular flexibility index (Phi) is 2.82. The molecule has 2 unspecified atom stereocenters. The van der Waals surface area contributed by atoms with E-state index in [1.54, 1.807) is 6.92 Å². The van der Waals surface area contributed by atoms with Crippen molar-refractivity contribution in [2.45, 2.75) is 31.3 Å². The Hall–Kier alpha value is -0.180. The Morgan fingerprint density at radius 1 is 1.36 bits per heavy atom. The molecule has 0 aromatic rings. The summed E-state index contributed by atoms with van der Waals surface area (Å²) in [5, 5.41) is 1.20. The highest BCUT2D eigenvalue weighted by Gasteiger charge is 2.23. The van der Waals surface area contributed by atoms with Crippen LogP contribution in [0.5, 0.6) is 0 Å². The largest absolute Gasteiger partial charge is 0.341 e. The lowest BCUT2D eigenvalue weighted by atomic mass is 10.3.